The largest absolute Gasteiger partial charge is 0.399 e. The fourth-order valence-electron chi connectivity index (χ4n) is 3.02. The summed E-state index contributed by atoms with van der Waals surface area (Å²) in [7, 11) is -2.93. The molecule has 0 radical (unpaired) electrons. The zero-order valence-electron chi connectivity index (χ0n) is 17.3. The van der Waals surface area contributed by atoms with Crippen LogP contribution in [0.2, 0.25) is 0 Å². The summed E-state index contributed by atoms with van der Waals surface area (Å²) in [6.07, 6.45) is 18.5. The van der Waals surface area contributed by atoms with Crippen LogP contribution in [-0.2, 0) is 18.8 Å². The van der Waals surface area contributed by atoms with Crippen LogP contribution in [0.15, 0.2) is 0 Å². The smallest absolute Gasteiger partial charge is 0.388 e. The molecule has 0 aromatic heterocycles. The second-order valence-corrected chi connectivity index (χ2v) is 9.07. The van der Waals surface area contributed by atoms with Crippen LogP contribution in [0.3, 0.4) is 0 Å². The van der Waals surface area contributed by atoms with Crippen LogP contribution in [-0.4, -0.2) is 32.8 Å². The summed E-state index contributed by atoms with van der Waals surface area (Å²) in [4.78, 5) is 0. The Bertz CT molecular complexity index is 406. The van der Waals surface area contributed by atoms with Crippen molar-refractivity contribution in [2.45, 2.75) is 116 Å². The van der Waals surface area contributed by atoms with E-state index in [4.69, 9.17) is 0 Å². The van der Waals surface area contributed by atoms with Gasteiger partial charge < -0.3 is 5.11 Å². The minimum Gasteiger partial charge on any atom is -0.388 e. The molecule has 1 atom stereocenters. The molecule has 0 bridgehead atoms. The van der Waals surface area contributed by atoms with Crippen LogP contribution in [0.1, 0.15) is 110 Å². The molecule has 1 unspecified atom stereocenters. The first-order chi connectivity index (χ1) is 12.3. The SMILES string of the molecule is CCCCCCCCCCCCCCCCC(C)(O)COS(=O)(=O)OC. The lowest BCUT2D eigenvalue weighted by molar-refractivity contribution is -0.000143. The van der Waals surface area contributed by atoms with E-state index in [0.717, 1.165) is 20.0 Å². The topological polar surface area (TPSA) is 72.8 Å². The average molecular weight is 395 g/mol. The molecule has 0 aromatic carbocycles. The van der Waals surface area contributed by atoms with Crippen molar-refractivity contribution in [2.75, 3.05) is 13.7 Å². The van der Waals surface area contributed by atoms with Gasteiger partial charge in [0.15, 0.2) is 0 Å². The highest BCUT2D eigenvalue weighted by molar-refractivity contribution is 7.81. The Hall–Kier alpha value is -0.170. The van der Waals surface area contributed by atoms with Gasteiger partial charge in [-0.25, -0.2) is 4.18 Å². The molecule has 0 amide bonds. The summed E-state index contributed by atoms with van der Waals surface area (Å²) in [6.45, 7) is 3.59. The molecule has 0 fully saturated rings. The van der Waals surface area contributed by atoms with E-state index in [0.29, 0.717) is 6.42 Å². The van der Waals surface area contributed by atoms with Gasteiger partial charge in [-0.2, -0.15) is 8.42 Å². The number of hydrogen-bond donors (Lipinski definition) is 1. The summed E-state index contributed by atoms with van der Waals surface area (Å²) in [5.41, 5.74) is -1.14. The van der Waals surface area contributed by atoms with Crippen molar-refractivity contribution in [3.63, 3.8) is 0 Å². The molecule has 158 valence electrons. The van der Waals surface area contributed by atoms with E-state index < -0.39 is 16.0 Å². The van der Waals surface area contributed by atoms with E-state index in [1.807, 2.05) is 0 Å². The van der Waals surface area contributed by atoms with Crippen LogP contribution in [0.4, 0.5) is 0 Å². The van der Waals surface area contributed by atoms with Gasteiger partial charge in [0.1, 0.15) is 0 Å². The zero-order valence-corrected chi connectivity index (χ0v) is 18.1. The second-order valence-electron chi connectivity index (χ2n) is 7.68. The Morgan fingerprint density at radius 3 is 1.54 bits per heavy atom. The van der Waals surface area contributed by atoms with Gasteiger partial charge in [0.25, 0.3) is 0 Å². The zero-order chi connectivity index (χ0) is 19.7. The van der Waals surface area contributed by atoms with Crippen LogP contribution in [0.25, 0.3) is 0 Å². The minimum absolute atomic E-state index is 0.262. The fourth-order valence-corrected chi connectivity index (χ4v) is 3.51. The predicted octanol–water partition coefficient (Wildman–Crippen LogP) is 5.52. The second kappa shape index (κ2) is 15.8. The highest BCUT2D eigenvalue weighted by atomic mass is 32.3. The van der Waals surface area contributed by atoms with E-state index in [-0.39, 0.29) is 6.61 Å². The molecule has 0 aromatic rings. The van der Waals surface area contributed by atoms with Crippen molar-refractivity contribution in [3.8, 4) is 0 Å². The molecule has 26 heavy (non-hydrogen) atoms. The molecule has 0 heterocycles. The molecule has 0 rings (SSSR count). The van der Waals surface area contributed by atoms with E-state index >= 15 is 0 Å². The Balaban J connectivity index is 3.39. The molecular formula is C20H42O5S. The Labute approximate surface area is 162 Å². The van der Waals surface area contributed by atoms with E-state index in [9.17, 15) is 13.5 Å². The summed E-state index contributed by atoms with van der Waals surface area (Å²) in [5.74, 6) is 0. The average Bonchev–Trinajstić information content (AvgIpc) is 2.60. The summed E-state index contributed by atoms with van der Waals surface area (Å²) < 4.78 is 31.0. The lowest BCUT2D eigenvalue weighted by Gasteiger charge is -2.22. The Morgan fingerprint density at radius 2 is 1.15 bits per heavy atom. The first-order valence-corrected chi connectivity index (χ1v) is 11.8. The number of rotatable bonds is 19. The van der Waals surface area contributed by atoms with Gasteiger partial charge >= 0.3 is 10.4 Å². The summed E-state index contributed by atoms with van der Waals surface area (Å²) in [5, 5.41) is 10.1. The first kappa shape index (κ1) is 25.8. The fraction of sp³-hybridized carbons (Fsp3) is 1.00. The third-order valence-corrected chi connectivity index (χ3v) is 5.60. The monoisotopic (exact) mass is 394 g/mol. The van der Waals surface area contributed by atoms with Gasteiger partial charge in [-0.05, 0) is 13.3 Å². The maximum Gasteiger partial charge on any atom is 0.399 e. The van der Waals surface area contributed by atoms with Crippen molar-refractivity contribution in [1.82, 2.24) is 0 Å². The third-order valence-electron chi connectivity index (χ3n) is 4.79. The van der Waals surface area contributed by atoms with E-state index in [1.54, 1.807) is 6.92 Å². The highest BCUT2D eigenvalue weighted by Crippen LogP contribution is 2.18. The van der Waals surface area contributed by atoms with Crippen LogP contribution in [0.5, 0.6) is 0 Å². The number of unbranched alkanes of at least 4 members (excludes halogenated alkanes) is 13. The molecule has 0 saturated heterocycles. The van der Waals surface area contributed by atoms with Gasteiger partial charge in [0, 0.05) is 0 Å². The Morgan fingerprint density at radius 1 is 0.769 bits per heavy atom. The van der Waals surface area contributed by atoms with Gasteiger partial charge in [0.2, 0.25) is 0 Å². The van der Waals surface area contributed by atoms with Crippen molar-refractivity contribution in [1.29, 1.82) is 0 Å². The minimum atomic E-state index is -3.97. The molecule has 0 spiro atoms. The lowest BCUT2D eigenvalue weighted by Crippen LogP contribution is -2.32. The maximum absolute atomic E-state index is 11.1. The van der Waals surface area contributed by atoms with Crippen molar-refractivity contribution >= 4 is 10.4 Å². The maximum atomic E-state index is 11.1. The van der Waals surface area contributed by atoms with Crippen LogP contribution in [0, 0.1) is 0 Å². The molecule has 0 aliphatic carbocycles. The quantitative estimate of drug-likeness (QED) is 0.292. The van der Waals surface area contributed by atoms with Gasteiger partial charge in [-0.1, -0.05) is 96.8 Å². The highest BCUT2D eigenvalue weighted by Gasteiger charge is 2.24. The number of aliphatic hydroxyl groups is 1. The molecule has 0 saturated carbocycles. The molecule has 6 heteroatoms. The third kappa shape index (κ3) is 17.3. The Kier molecular flexibility index (Phi) is 15.7. The van der Waals surface area contributed by atoms with E-state index in [1.165, 1.54) is 77.0 Å². The normalized spacial score (nSPS) is 14.5. The van der Waals surface area contributed by atoms with Crippen molar-refractivity contribution in [2.24, 2.45) is 0 Å². The van der Waals surface area contributed by atoms with E-state index in [2.05, 4.69) is 15.3 Å². The summed E-state index contributed by atoms with van der Waals surface area (Å²) >= 11 is 0. The summed E-state index contributed by atoms with van der Waals surface area (Å²) in [6, 6.07) is 0. The molecule has 0 aliphatic rings. The molecule has 0 aliphatic heterocycles. The van der Waals surface area contributed by atoms with Crippen molar-refractivity contribution in [3.05, 3.63) is 0 Å². The van der Waals surface area contributed by atoms with Gasteiger partial charge in [0.05, 0.1) is 19.3 Å². The first-order valence-electron chi connectivity index (χ1n) is 10.5. The van der Waals surface area contributed by atoms with Crippen LogP contribution < -0.4 is 0 Å². The number of hydrogen-bond acceptors (Lipinski definition) is 5. The van der Waals surface area contributed by atoms with Crippen molar-refractivity contribution < 1.29 is 21.9 Å². The van der Waals surface area contributed by atoms with Gasteiger partial charge in [-0.3, -0.25) is 4.18 Å². The molecular weight excluding hydrogens is 352 g/mol. The lowest BCUT2D eigenvalue weighted by atomic mass is 9.98. The van der Waals surface area contributed by atoms with Crippen LogP contribution >= 0.6 is 0 Å². The molecule has 1 N–H and O–H groups in total. The predicted molar refractivity (Wildman–Crippen MR) is 107 cm³/mol. The van der Waals surface area contributed by atoms with Gasteiger partial charge in [-0.15, -0.1) is 0 Å². The standard InChI is InChI=1S/C20H42O5S/c1-4-5-6-7-8-9-10-11-12-13-14-15-16-17-18-20(2,21)19-25-26(22,23)24-3/h21H,4-19H2,1-3H3. The molecule has 5 nitrogen and oxygen atoms in total.